The van der Waals surface area contributed by atoms with Crippen LogP contribution >= 0.6 is 11.3 Å². The van der Waals surface area contributed by atoms with Crippen molar-refractivity contribution < 1.29 is 4.79 Å². The molecule has 0 aliphatic heterocycles. The Balaban J connectivity index is 0.000000573. The number of carbonyl (C=O) groups is 1. The Labute approximate surface area is 120 Å². The smallest absolute Gasteiger partial charge is 0.265 e. The van der Waals surface area contributed by atoms with E-state index in [1.165, 1.54) is 17.8 Å². The van der Waals surface area contributed by atoms with E-state index in [4.69, 9.17) is 0 Å². The van der Waals surface area contributed by atoms with Gasteiger partial charge >= 0.3 is 0 Å². The van der Waals surface area contributed by atoms with Crippen LogP contribution < -0.4 is 5.32 Å². The van der Waals surface area contributed by atoms with Gasteiger partial charge in [0.05, 0.1) is 4.88 Å². The second-order valence-corrected chi connectivity index (χ2v) is 4.45. The molecule has 0 aliphatic rings. The normalized spacial score (nSPS) is 8.42. The van der Waals surface area contributed by atoms with Gasteiger partial charge in [-0.3, -0.25) is 4.79 Å². The molecule has 0 saturated heterocycles. The Hall–Kier alpha value is -1.61. The predicted molar refractivity (Wildman–Crippen MR) is 86.0 cm³/mol. The van der Waals surface area contributed by atoms with Crippen LogP contribution in [0.1, 0.15) is 43.8 Å². The van der Waals surface area contributed by atoms with Crippen LogP contribution in [-0.4, -0.2) is 5.91 Å². The van der Waals surface area contributed by atoms with Crippen molar-refractivity contribution in [1.82, 2.24) is 0 Å². The molecule has 1 heterocycles. The summed E-state index contributed by atoms with van der Waals surface area (Å²) in [4.78, 5) is 12.3. The third-order valence-corrected chi connectivity index (χ3v) is 2.65. The number of carbonyl (C=O) groups excluding carboxylic acids is 1. The maximum atomic E-state index is 11.6. The molecule has 1 N–H and O–H groups in total. The lowest BCUT2D eigenvalue weighted by atomic mass is 10.3. The topological polar surface area (TPSA) is 29.1 Å². The SMILES string of the molecule is CC.CCC.O=C(Nc1ccccc1)c1cccs1. The standard InChI is InChI=1S/C11H9NOS.C3H8.C2H6/c13-11(10-7-4-8-14-10)12-9-5-2-1-3-6-9;1-3-2;1-2/h1-8H,(H,12,13);3H2,1-2H3;1-2H3. The zero-order valence-electron chi connectivity index (χ0n) is 12.1. The molecule has 0 saturated carbocycles. The zero-order chi connectivity index (χ0) is 14.5. The van der Waals surface area contributed by atoms with Gasteiger partial charge in [-0.15, -0.1) is 11.3 Å². The first-order valence-electron chi connectivity index (χ1n) is 6.67. The van der Waals surface area contributed by atoms with Crippen molar-refractivity contribution in [2.75, 3.05) is 5.32 Å². The monoisotopic (exact) mass is 277 g/mol. The largest absolute Gasteiger partial charge is 0.321 e. The summed E-state index contributed by atoms with van der Waals surface area (Å²) >= 11 is 1.44. The van der Waals surface area contributed by atoms with E-state index in [9.17, 15) is 4.79 Å². The molecule has 0 spiro atoms. The molecule has 19 heavy (non-hydrogen) atoms. The number of hydrogen-bond donors (Lipinski definition) is 1. The number of benzene rings is 1. The van der Waals surface area contributed by atoms with Gasteiger partial charge in [-0.2, -0.15) is 0 Å². The Morgan fingerprint density at radius 1 is 1.05 bits per heavy atom. The van der Waals surface area contributed by atoms with E-state index in [2.05, 4.69) is 19.2 Å². The number of para-hydroxylation sites is 1. The van der Waals surface area contributed by atoms with Gasteiger partial charge < -0.3 is 5.32 Å². The molecule has 0 bridgehead atoms. The van der Waals surface area contributed by atoms with Crippen molar-refractivity contribution in [3.05, 3.63) is 52.7 Å². The Morgan fingerprint density at radius 3 is 2.11 bits per heavy atom. The van der Waals surface area contributed by atoms with Gasteiger partial charge in [0, 0.05) is 5.69 Å². The zero-order valence-corrected chi connectivity index (χ0v) is 13.0. The van der Waals surface area contributed by atoms with Crippen LogP contribution in [0.25, 0.3) is 0 Å². The summed E-state index contributed by atoms with van der Waals surface area (Å²) in [6.07, 6.45) is 1.25. The number of thiophene rings is 1. The molecular weight excluding hydrogens is 254 g/mol. The van der Waals surface area contributed by atoms with Crippen LogP contribution in [-0.2, 0) is 0 Å². The number of hydrogen-bond acceptors (Lipinski definition) is 2. The van der Waals surface area contributed by atoms with Crippen molar-refractivity contribution in [1.29, 1.82) is 0 Å². The molecule has 2 nitrogen and oxygen atoms in total. The van der Waals surface area contributed by atoms with E-state index in [0.29, 0.717) is 0 Å². The van der Waals surface area contributed by atoms with E-state index in [1.54, 1.807) is 0 Å². The maximum Gasteiger partial charge on any atom is 0.265 e. The van der Waals surface area contributed by atoms with Gasteiger partial charge in [0.1, 0.15) is 0 Å². The lowest BCUT2D eigenvalue weighted by Crippen LogP contribution is -2.09. The molecule has 0 radical (unpaired) electrons. The fourth-order valence-electron chi connectivity index (χ4n) is 1.12. The minimum atomic E-state index is -0.0498. The summed E-state index contributed by atoms with van der Waals surface area (Å²) < 4.78 is 0. The number of anilines is 1. The summed E-state index contributed by atoms with van der Waals surface area (Å²) in [5, 5.41) is 4.70. The first kappa shape index (κ1) is 17.4. The molecule has 3 heteroatoms. The lowest BCUT2D eigenvalue weighted by molar-refractivity contribution is 0.103. The second kappa shape index (κ2) is 11.5. The minimum Gasteiger partial charge on any atom is -0.321 e. The quantitative estimate of drug-likeness (QED) is 0.777. The van der Waals surface area contributed by atoms with Crippen LogP contribution in [0.4, 0.5) is 5.69 Å². The van der Waals surface area contributed by atoms with Gasteiger partial charge in [-0.25, -0.2) is 0 Å². The van der Waals surface area contributed by atoms with Crippen LogP contribution in [0.2, 0.25) is 0 Å². The second-order valence-electron chi connectivity index (χ2n) is 3.50. The number of amides is 1. The van der Waals surface area contributed by atoms with Crippen LogP contribution in [0.3, 0.4) is 0 Å². The van der Waals surface area contributed by atoms with E-state index in [0.717, 1.165) is 10.6 Å². The molecule has 1 aromatic carbocycles. The molecule has 104 valence electrons. The van der Waals surface area contributed by atoms with Crippen molar-refractivity contribution in [2.45, 2.75) is 34.1 Å². The highest BCUT2D eigenvalue weighted by atomic mass is 32.1. The first-order chi connectivity index (χ1) is 9.27. The van der Waals surface area contributed by atoms with Gasteiger partial charge in [-0.05, 0) is 23.6 Å². The Kier molecular flexibility index (Phi) is 10.5. The molecule has 0 atom stereocenters. The molecule has 2 aromatic rings. The van der Waals surface area contributed by atoms with Gasteiger partial charge in [0.15, 0.2) is 0 Å². The summed E-state index contributed by atoms with van der Waals surface area (Å²) in [6, 6.07) is 13.1. The minimum absolute atomic E-state index is 0.0498. The molecular formula is C16H23NOS. The Bertz CT molecular complexity index is 423. The Morgan fingerprint density at radius 2 is 1.63 bits per heavy atom. The highest BCUT2D eigenvalue weighted by molar-refractivity contribution is 7.12. The number of rotatable bonds is 2. The van der Waals surface area contributed by atoms with Gasteiger partial charge in [0.2, 0.25) is 0 Å². The lowest BCUT2D eigenvalue weighted by Gasteiger charge is -2.01. The maximum absolute atomic E-state index is 11.6. The molecule has 1 amide bonds. The molecule has 2 rings (SSSR count). The third-order valence-electron chi connectivity index (χ3n) is 1.78. The average Bonchev–Trinajstić information content (AvgIpc) is 2.97. The highest BCUT2D eigenvalue weighted by Gasteiger charge is 2.05. The van der Waals surface area contributed by atoms with E-state index in [1.807, 2.05) is 61.7 Å². The first-order valence-corrected chi connectivity index (χ1v) is 7.55. The summed E-state index contributed by atoms with van der Waals surface area (Å²) in [5.74, 6) is -0.0498. The van der Waals surface area contributed by atoms with Crippen molar-refractivity contribution in [3.8, 4) is 0 Å². The average molecular weight is 277 g/mol. The summed E-state index contributed by atoms with van der Waals surface area (Å²) in [7, 11) is 0. The van der Waals surface area contributed by atoms with Crippen LogP contribution in [0, 0.1) is 0 Å². The molecule has 0 aliphatic carbocycles. The van der Waals surface area contributed by atoms with E-state index in [-0.39, 0.29) is 5.91 Å². The number of nitrogens with one attached hydrogen (secondary N) is 1. The molecule has 0 unspecified atom stereocenters. The summed E-state index contributed by atoms with van der Waals surface area (Å²) in [6.45, 7) is 8.25. The van der Waals surface area contributed by atoms with Crippen molar-refractivity contribution in [2.24, 2.45) is 0 Å². The van der Waals surface area contributed by atoms with E-state index < -0.39 is 0 Å². The van der Waals surface area contributed by atoms with Crippen LogP contribution in [0.15, 0.2) is 47.8 Å². The molecule has 1 aromatic heterocycles. The third kappa shape index (κ3) is 7.42. The fraction of sp³-hybridized carbons (Fsp3) is 0.312. The van der Waals surface area contributed by atoms with Crippen LogP contribution in [0.5, 0.6) is 0 Å². The molecule has 0 fully saturated rings. The van der Waals surface area contributed by atoms with Crippen molar-refractivity contribution in [3.63, 3.8) is 0 Å². The summed E-state index contributed by atoms with van der Waals surface area (Å²) in [5.41, 5.74) is 0.825. The van der Waals surface area contributed by atoms with Gasteiger partial charge in [0.25, 0.3) is 5.91 Å². The van der Waals surface area contributed by atoms with Gasteiger partial charge in [-0.1, -0.05) is 58.4 Å². The fourth-order valence-corrected chi connectivity index (χ4v) is 1.74. The highest BCUT2D eigenvalue weighted by Crippen LogP contribution is 2.12. The predicted octanol–water partition coefficient (Wildman–Crippen LogP) is 5.44. The van der Waals surface area contributed by atoms with Crippen molar-refractivity contribution >= 4 is 22.9 Å². The van der Waals surface area contributed by atoms with E-state index >= 15 is 0 Å².